The molecule has 3 aromatic rings. The number of carbonyl (C=O) groups is 1. The molecule has 0 unspecified atom stereocenters. The lowest BCUT2D eigenvalue weighted by molar-refractivity contribution is -0.129. The lowest BCUT2D eigenvalue weighted by Crippen LogP contribution is -2.34. The number of hydrogen-bond donors (Lipinski definition) is 0. The van der Waals surface area contributed by atoms with Crippen molar-refractivity contribution in [3.05, 3.63) is 77.1 Å². The van der Waals surface area contributed by atoms with Crippen molar-refractivity contribution in [2.24, 2.45) is 0 Å². The van der Waals surface area contributed by atoms with Gasteiger partial charge in [-0.3, -0.25) is 4.79 Å². The highest BCUT2D eigenvalue weighted by Crippen LogP contribution is 2.40. The van der Waals surface area contributed by atoms with Crippen LogP contribution in [0.1, 0.15) is 60.2 Å². The average Bonchev–Trinajstić information content (AvgIpc) is 3.58. The van der Waals surface area contributed by atoms with Gasteiger partial charge in [0.15, 0.2) is 5.16 Å². The number of aromatic nitrogens is 3. The van der Waals surface area contributed by atoms with Crippen LogP contribution in [0.15, 0.2) is 59.8 Å². The lowest BCUT2D eigenvalue weighted by Gasteiger charge is -2.33. The molecule has 160 valence electrons. The van der Waals surface area contributed by atoms with Crippen LogP contribution in [0, 0.1) is 0 Å². The van der Waals surface area contributed by atoms with Gasteiger partial charge < -0.3 is 9.47 Å². The first-order chi connectivity index (χ1) is 15.2. The number of nitrogens with zero attached hydrogens (tertiary/aromatic N) is 4. The van der Waals surface area contributed by atoms with E-state index in [0.717, 1.165) is 36.8 Å². The number of carbonyl (C=O) groups excluding carboxylic acids is 1. The van der Waals surface area contributed by atoms with Gasteiger partial charge in [0.2, 0.25) is 5.91 Å². The summed E-state index contributed by atoms with van der Waals surface area (Å²) in [6, 6.07) is 19.1. The van der Waals surface area contributed by atoms with Gasteiger partial charge in [-0.15, -0.1) is 10.2 Å². The predicted octanol–water partition coefficient (Wildman–Crippen LogP) is 4.83. The highest BCUT2D eigenvalue weighted by molar-refractivity contribution is 7.99. The maximum Gasteiger partial charge on any atom is 0.233 e. The summed E-state index contributed by atoms with van der Waals surface area (Å²) < 4.78 is 2.21. The van der Waals surface area contributed by atoms with E-state index in [-0.39, 0.29) is 11.9 Å². The molecule has 2 aliphatic rings. The van der Waals surface area contributed by atoms with Crippen LogP contribution >= 0.6 is 11.8 Å². The van der Waals surface area contributed by atoms with Crippen molar-refractivity contribution in [3.63, 3.8) is 0 Å². The molecule has 0 spiro atoms. The molecule has 0 radical (unpaired) electrons. The van der Waals surface area contributed by atoms with Crippen molar-refractivity contribution in [2.75, 3.05) is 12.8 Å². The van der Waals surface area contributed by atoms with Crippen LogP contribution in [0.3, 0.4) is 0 Å². The molecular formula is C25H28N4OS. The predicted molar refractivity (Wildman–Crippen MR) is 123 cm³/mol. The zero-order valence-electron chi connectivity index (χ0n) is 17.9. The normalized spacial score (nSPS) is 17.9. The average molecular weight is 433 g/mol. The number of rotatable bonds is 7. The first kappa shape index (κ1) is 20.3. The van der Waals surface area contributed by atoms with E-state index in [1.165, 1.54) is 41.3 Å². The number of fused-ring (bicyclic) bond motifs is 1. The summed E-state index contributed by atoms with van der Waals surface area (Å²) in [5.41, 5.74) is 3.91. The highest BCUT2D eigenvalue weighted by Gasteiger charge is 2.31. The second kappa shape index (κ2) is 8.87. The molecule has 0 bridgehead atoms. The Morgan fingerprint density at radius 3 is 2.65 bits per heavy atom. The molecular weight excluding hydrogens is 404 g/mol. The van der Waals surface area contributed by atoms with Crippen molar-refractivity contribution < 1.29 is 4.79 Å². The number of thioether (sulfide) groups is 1. The Morgan fingerprint density at radius 1 is 1.06 bits per heavy atom. The van der Waals surface area contributed by atoms with E-state index in [9.17, 15) is 4.79 Å². The van der Waals surface area contributed by atoms with Gasteiger partial charge >= 0.3 is 0 Å². The maximum absolute atomic E-state index is 13.1. The van der Waals surface area contributed by atoms with E-state index in [2.05, 4.69) is 63.3 Å². The van der Waals surface area contributed by atoms with Crippen molar-refractivity contribution >= 4 is 17.7 Å². The molecule has 0 saturated heterocycles. The van der Waals surface area contributed by atoms with Crippen LogP contribution in [0.4, 0.5) is 0 Å². The molecule has 6 heteroatoms. The van der Waals surface area contributed by atoms with Crippen LogP contribution < -0.4 is 0 Å². The molecule has 0 N–H and O–H groups in total. The zero-order valence-corrected chi connectivity index (χ0v) is 18.7. The molecule has 2 aromatic carbocycles. The van der Waals surface area contributed by atoms with Crippen molar-refractivity contribution in [1.29, 1.82) is 0 Å². The van der Waals surface area contributed by atoms with E-state index >= 15 is 0 Å². The van der Waals surface area contributed by atoms with Gasteiger partial charge in [-0.1, -0.05) is 66.4 Å². The number of amides is 1. The molecule has 2 aliphatic carbocycles. The van der Waals surface area contributed by atoms with E-state index < -0.39 is 0 Å². The fourth-order valence-corrected chi connectivity index (χ4v) is 5.37. The second-order valence-electron chi connectivity index (χ2n) is 8.59. The highest BCUT2D eigenvalue weighted by atomic mass is 32.2. The second-order valence-corrected chi connectivity index (χ2v) is 9.53. The molecule has 1 fully saturated rings. The van der Waals surface area contributed by atoms with Crippen LogP contribution in [-0.4, -0.2) is 38.4 Å². The summed E-state index contributed by atoms with van der Waals surface area (Å²) in [6.07, 6.45) is 5.62. The van der Waals surface area contributed by atoms with Gasteiger partial charge in [0.25, 0.3) is 0 Å². The Bertz CT molecular complexity index is 1060. The summed E-state index contributed by atoms with van der Waals surface area (Å²) >= 11 is 1.51. The Hall–Kier alpha value is -2.60. The number of hydrogen-bond acceptors (Lipinski definition) is 4. The van der Waals surface area contributed by atoms with Crippen LogP contribution in [0.5, 0.6) is 0 Å². The van der Waals surface area contributed by atoms with Gasteiger partial charge in [-0.25, -0.2) is 0 Å². The Morgan fingerprint density at radius 2 is 1.84 bits per heavy atom. The Kier molecular flexibility index (Phi) is 5.81. The molecule has 0 aliphatic heterocycles. The third-order valence-electron chi connectivity index (χ3n) is 6.39. The minimum Gasteiger partial charge on any atom is -0.338 e. The maximum atomic E-state index is 13.1. The van der Waals surface area contributed by atoms with Gasteiger partial charge in [0, 0.05) is 13.0 Å². The molecule has 1 atom stereocenters. The molecule has 5 rings (SSSR count). The van der Waals surface area contributed by atoms with E-state index in [1.54, 1.807) is 0 Å². The third kappa shape index (κ3) is 4.40. The standard InChI is InChI=1S/C25H28N4OS/c1-28(22-13-7-11-19-10-5-6-12-21(19)22)23(30)17-31-25-27-26-24(20-14-15-20)29(25)16-18-8-3-2-4-9-18/h2-6,8-10,12,20,22H,7,11,13-17H2,1H3/t22-/m0/s1. The van der Waals surface area contributed by atoms with E-state index in [1.807, 2.05) is 18.0 Å². The summed E-state index contributed by atoms with van der Waals surface area (Å²) in [4.78, 5) is 15.0. The number of benzene rings is 2. The SMILES string of the molecule is CN(C(=O)CSc1nnc(C2CC2)n1Cc1ccccc1)[C@H]1CCCc2ccccc21. The smallest absolute Gasteiger partial charge is 0.233 e. The van der Waals surface area contributed by atoms with Crippen molar-refractivity contribution in [1.82, 2.24) is 19.7 Å². The third-order valence-corrected chi connectivity index (χ3v) is 7.35. The molecule has 1 amide bonds. The molecule has 1 saturated carbocycles. The minimum absolute atomic E-state index is 0.147. The van der Waals surface area contributed by atoms with E-state index in [4.69, 9.17) is 0 Å². The minimum atomic E-state index is 0.147. The van der Waals surface area contributed by atoms with Gasteiger partial charge in [0.1, 0.15) is 5.82 Å². The molecule has 1 heterocycles. The van der Waals surface area contributed by atoms with Crippen molar-refractivity contribution in [2.45, 2.75) is 55.8 Å². The van der Waals surface area contributed by atoms with Gasteiger partial charge in [0.05, 0.1) is 18.3 Å². The summed E-state index contributed by atoms with van der Waals surface area (Å²) in [5, 5.41) is 9.79. The quantitative estimate of drug-likeness (QED) is 0.502. The molecule has 1 aromatic heterocycles. The fraction of sp³-hybridized carbons (Fsp3) is 0.400. The van der Waals surface area contributed by atoms with Crippen LogP contribution in [-0.2, 0) is 17.8 Å². The first-order valence-corrected chi connectivity index (χ1v) is 12.1. The topological polar surface area (TPSA) is 51.0 Å². The summed E-state index contributed by atoms with van der Waals surface area (Å²) in [7, 11) is 1.94. The van der Waals surface area contributed by atoms with Crippen LogP contribution in [0.25, 0.3) is 0 Å². The lowest BCUT2D eigenvalue weighted by atomic mass is 9.87. The van der Waals surface area contributed by atoms with Gasteiger partial charge in [-0.2, -0.15) is 0 Å². The summed E-state index contributed by atoms with van der Waals surface area (Å²) in [5.74, 6) is 2.11. The van der Waals surface area contributed by atoms with Crippen LogP contribution in [0.2, 0.25) is 0 Å². The summed E-state index contributed by atoms with van der Waals surface area (Å²) in [6.45, 7) is 0.752. The monoisotopic (exact) mass is 432 g/mol. The fourth-order valence-electron chi connectivity index (χ4n) is 4.50. The molecule has 5 nitrogen and oxygen atoms in total. The first-order valence-electron chi connectivity index (χ1n) is 11.1. The number of aryl methyl sites for hydroxylation is 1. The molecule has 31 heavy (non-hydrogen) atoms. The van der Waals surface area contributed by atoms with E-state index in [0.29, 0.717) is 11.7 Å². The van der Waals surface area contributed by atoms with Gasteiger partial charge in [-0.05, 0) is 48.8 Å². The zero-order chi connectivity index (χ0) is 21.2. The Balaban J connectivity index is 1.29. The van der Waals surface area contributed by atoms with Crippen molar-refractivity contribution in [3.8, 4) is 0 Å². The Labute approximate surface area is 187 Å². The largest absolute Gasteiger partial charge is 0.338 e.